The van der Waals surface area contributed by atoms with Crippen LogP contribution in [0.15, 0.2) is 6.07 Å². The number of fused-ring (bicyclic) bond motifs is 1. The van der Waals surface area contributed by atoms with Gasteiger partial charge >= 0.3 is 0 Å². The van der Waals surface area contributed by atoms with Crippen LogP contribution in [-0.4, -0.2) is 65.9 Å². The quantitative estimate of drug-likeness (QED) is 0.830. The molecule has 2 heterocycles. The average Bonchev–Trinajstić information content (AvgIpc) is 2.88. The first-order valence-electron chi connectivity index (χ1n) is 6.94. The predicted octanol–water partition coefficient (Wildman–Crippen LogP) is 0.869. The minimum atomic E-state index is -1.43. The number of hydrogen-bond donors (Lipinski definition) is 1. The Morgan fingerprint density at radius 2 is 2.05 bits per heavy atom. The van der Waals surface area contributed by atoms with Crippen LogP contribution in [0.3, 0.4) is 0 Å². The van der Waals surface area contributed by atoms with E-state index >= 15 is 0 Å². The van der Waals surface area contributed by atoms with Gasteiger partial charge in [0.15, 0.2) is 12.0 Å². The van der Waals surface area contributed by atoms with Crippen LogP contribution in [0.5, 0.6) is 0 Å². The van der Waals surface area contributed by atoms with E-state index in [-0.39, 0.29) is 12.3 Å². The Morgan fingerprint density at radius 1 is 1.35 bits per heavy atom. The summed E-state index contributed by atoms with van der Waals surface area (Å²) in [7, 11) is 2.02. The van der Waals surface area contributed by atoms with Crippen LogP contribution in [0.1, 0.15) is 33.0 Å². The molecular formula is C14H18FN3O2. The van der Waals surface area contributed by atoms with Crippen molar-refractivity contribution in [2.45, 2.75) is 19.0 Å². The van der Waals surface area contributed by atoms with Gasteiger partial charge in [-0.05, 0) is 26.0 Å². The summed E-state index contributed by atoms with van der Waals surface area (Å²) in [6.45, 7) is 3.05. The molecule has 1 aromatic rings. The van der Waals surface area contributed by atoms with Crippen molar-refractivity contribution in [2.24, 2.45) is 0 Å². The smallest absolute Gasteiger partial charge is 0.270 e. The van der Waals surface area contributed by atoms with Crippen molar-refractivity contribution in [3.8, 4) is 0 Å². The van der Waals surface area contributed by atoms with E-state index in [0.717, 1.165) is 13.1 Å². The number of Topliss-reactive ketones (excluding diaryl/α,β-unsaturated/α-hetero) is 1. The summed E-state index contributed by atoms with van der Waals surface area (Å²) in [5.41, 5.74) is 1.45. The number of piperazine rings is 1. The van der Waals surface area contributed by atoms with Crippen molar-refractivity contribution in [2.75, 3.05) is 33.2 Å². The Bertz CT molecular complexity index is 547. The molecule has 0 radical (unpaired) electrons. The van der Waals surface area contributed by atoms with E-state index in [2.05, 4.69) is 9.88 Å². The van der Waals surface area contributed by atoms with Gasteiger partial charge in [0.1, 0.15) is 5.69 Å². The van der Waals surface area contributed by atoms with Crippen molar-refractivity contribution in [3.63, 3.8) is 0 Å². The molecule has 0 bridgehead atoms. The zero-order valence-corrected chi connectivity index (χ0v) is 11.5. The number of rotatable bonds is 1. The maximum atomic E-state index is 13.4. The topological polar surface area (TPSA) is 56.4 Å². The lowest BCUT2D eigenvalue weighted by Gasteiger charge is -2.32. The van der Waals surface area contributed by atoms with E-state index in [0.29, 0.717) is 36.5 Å². The largest absolute Gasteiger partial charge is 0.354 e. The minimum absolute atomic E-state index is 0.101. The highest BCUT2D eigenvalue weighted by molar-refractivity contribution is 6.04. The molecule has 1 atom stereocenters. The summed E-state index contributed by atoms with van der Waals surface area (Å²) in [6.07, 6.45) is -0.739. The molecule has 1 N–H and O–H groups in total. The Labute approximate surface area is 116 Å². The van der Waals surface area contributed by atoms with Crippen LogP contribution in [-0.2, 0) is 6.42 Å². The van der Waals surface area contributed by atoms with Crippen LogP contribution >= 0.6 is 0 Å². The van der Waals surface area contributed by atoms with E-state index < -0.39 is 12.0 Å². The van der Waals surface area contributed by atoms with Gasteiger partial charge in [-0.3, -0.25) is 9.59 Å². The molecule has 3 rings (SSSR count). The first-order chi connectivity index (χ1) is 9.56. The van der Waals surface area contributed by atoms with Gasteiger partial charge in [0.2, 0.25) is 0 Å². The molecule has 1 unspecified atom stereocenters. The third-order valence-electron chi connectivity index (χ3n) is 4.12. The molecular weight excluding hydrogens is 261 g/mol. The fourth-order valence-corrected chi connectivity index (χ4v) is 2.78. The van der Waals surface area contributed by atoms with Gasteiger partial charge in [-0.2, -0.15) is 0 Å². The average molecular weight is 279 g/mol. The summed E-state index contributed by atoms with van der Waals surface area (Å²) < 4.78 is 13.4. The maximum Gasteiger partial charge on any atom is 0.270 e. The molecule has 1 aliphatic heterocycles. The molecule has 0 aromatic carbocycles. The number of ketones is 1. The van der Waals surface area contributed by atoms with Crippen LogP contribution in [0.4, 0.5) is 4.39 Å². The Kier molecular flexibility index (Phi) is 3.33. The Hall–Kier alpha value is -1.69. The van der Waals surface area contributed by atoms with E-state index in [9.17, 15) is 14.0 Å². The highest BCUT2D eigenvalue weighted by Crippen LogP contribution is 2.24. The lowest BCUT2D eigenvalue weighted by atomic mass is 9.95. The molecule has 2 aliphatic rings. The Morgan fingerprint density at radius 3 is 2.75 bits per heavy atom. The number of halogens is 1. The van der Waals surface area contributed by atoms with Crippen molar-refractivity contribution < 1.29 is 14.0 Å². The number of aromatic amines is 1. The van der Waals surface area contributed by atoms with E-state index in [1.54, 1.807) is 4.90 Å². The van der Waals surface area contributed by atoms with Gasteiger partial charge < -0.3 is 14.8 Å². The highest BCUT2D eigenvalue weighted by Gasteiger charge is 2.31. The second-order valence-electron chi connectivity index (χ2n) is 5.54. The third kappa shape index (κ3) is 2.24. The van der Waals surface area contributed by atoms with Gasteiger partial charge in [-0.25, -0.2) is 4.39 Å². The number of nitrogens with one attached hydrogen (secondary N) is 1. The van der Waals surface area contributed by atoms with E-state index in [1.807, 2.05) is 7.05 Å². The normalized spacial score (nSPS) is 23.8. The third-order valence-corrected chi connectivity index (χ3v) is 4.12. The molecule has 1 amide bonds. The number of carbonyl (C=O) groups is 2. The number of aromatic nitrogens is 1. The summed E-state index contributed by atoms with van der Waals surface area (Å²) in [5.74, 6) is -0.601. The molecule has 1 aromatic heterocycles. The second kappa shape index (κ2) is 5.01. The van der Waals surface area contributed by atoms with Crippen LogP contribution in [0.2, 0.25) is 0 Å². The molecule has 1 aliphatic carbocycles. The SMILES string of the molecule is CN1CCN(C(=O)c2cc3c([nH]2)CCC(F)C3=O)CC1. The van der Waals surface area contributed by atoms with Crippen LogP contribution in [0, 0.1) is 0 Å². The molecule has 20 heavy (non-hydrogen) atoms. The molecule has 0 spiro atoms. The summed E-state index contributed by atoms with van der Waals surface area (Å²) in [5, 5.41) is 0. The fourth-order valence-electron chi connectivity index (χ4n) is 2.78. The van der Waals surface area contributed by atoms with Crippen molar-refractivity contribution in [3.05, 3.63) is 23.0 Å². The van der Waals surface area contributed by atoms with Crippen molar-refractivity contribution in [1.29, 1.82) is 0 Å². The van der Waals surface area contributed by atoms with Gasteiger partial charge in [0, 0.05) is 37.4 Å². The molecule has 1 fully saturated rings. The molecule has 1 saturated heterocycles. The summed E-state index contributed by atoms with van der Waals surface area (Å²) in [4.78, 5) is 31.1. The second-order valence-corrected chi connectivity index (χ2v) is 5.54. The number of aryl methyl sites for hydroxylation is 1. The van der Waals surface area contributed by atoms with Gasteiger partial charge in [-0.1, -0.05) is 0 Å². The molecule has 0 saturated carbocycles. The number of carbonyl (C=O) groups excluding carboxylic acids is 2. The summed E-state index contributed by atoms with van der Waals surface area (Å²) in [6, 6.07) is 1.52. The Balaban J connectivity index is 1.80. The molecule has 108 valence electrons. The molecule has 6 heteroatoms. The number of likely N-dealkylation sites (N-methyl/N-ethyl adjacent to an activating group) is 1. The minimum Gasteiger partial charge on any atom is -0.354 e. The number of alkyl halides is 1. The monoisotopic (exact) mass is 279 g/mol. The number of hydrogen-bond acceptors (Lipinski definition) is 3. The maximum absolute atomic E-state index is 13.4. The van der Waals surface area contributed by atoms with Gasteiger partial charge in [0.25, 0.3) is 5.91 Å². The van der Waals surface area contributed by atoms with Crippen molar-refractivity contribution >= 4 is 11.7 Å². The first kappa shape index (κ1) is 13.3. The van der Waals surface area contributed by atoms with E-state index in [4.69, 9.17) is 0 Å². The lowest BCUT2D eigenvalue weighted by Crippen LogP contribution is -2.47. The molecule has 5 nitrogen and oxygen atoms in total. The van der Waals surface area contributed by atoms with Gasteiger partial charge in [0.05, 0.1) is 0 Å². The van der Waals surface area contributed by atoms with Crippen LogP contribution in [0.25, 0.3) is 0 Å². The van der Waals surface area contributed by atoms with E-state index in [1.165, 1.54) is 6.07 Å². The summed E-state index contributed by atoms with van der Waals surface area (Å²) >= 11 is 0. The number of H-pyrrole nitrogens is 1. The van der Waals surface area contributed by atoms with Crippen LogP contribution < -0.4 is 0 Å². The first-order valence-corrected chi connectivity index (χ1v) is 6.94. The lowest BCUT2D eigenvalue weighted by molar-refractivity contribution is 0.0658. The zero-order valence-electron chi connectivity index (χ0n) is 11.5. The standard InChI is InChI=1S/C14H18FN3O2/c1-17-4-6-18(7-5-17)14(20)12-8-9-11(16-12)3-2-10(15)13(9)19/h8,10,16H,2-7H2,1H3. The predicted molar refractivity (Wildman–Crippen MR) is 71.7 cm³/mol. The highest BCUT2D eigenvalue weighted by atomic mass is 19.1. The fraction of sp³-hybridized carbons (Fsp3) is 0.571. The number of nitrogens with zero attached hydrogens (tertiary/aromatic N) is 2. The number of amides is 1. The van der Waals surface area contributed by atoms with Crippen molar-refractivity contribution in [1.82, 2.24) is 14.8 Å². The zero-order chi connectivity index (χ0) is 14.3. The van der Waals surface area contributed by atoms with Gasteiger partial charge in [-0.15, -0.1) is 0 Å².